The maximum Gasteiger partial charge on any atom is 0.219 e. The number of aromatic amines is 1. The molecule has 3 aromatic rings. The second kappa shape index (κ2) is 4.56. The number of benzene rings is 1. The first-order valence-corrected chi connectivity index (χ1v) is 7.19. The molecule has 96 valence electrons. The Bertz CT molecular complexity index is 725. The fraction of sp³-hybridized carbons (Fsp3) is 0.0769. The summed E-state index contributed by atoms with van der Waals surface area (Å²) in [4.78, 5) is 12.1. The SMILES string of the molecule is C[S+]([O-])c1c(O)ccc2nc(-c3ccccn3)[nH]c12. The minimum Gasteiger partial charge on any atom is -0.611 e. The van der Waals surface area contributed by atoms with Gasteiger partial charge in [0.05, 0.1) is 5.52 Å². The molecule has 5 nitrogen and oxygen atoms in total. The van der Waals surface area contributed by atoms with Crippen molar-refractivity contribution in [2.45, 2.75) is 4.90 Å². The lowest BCUT2D eigenvalue weighted by Crippen LogP contribution is -1.98. The number of hydrogen-bond acceptors (Lipinski definition) is 4. The Morgan fingerprint density at radius 3 is 2.79 bits per heavy atom. The molecule has 2 aromatic heterocycles. The van der Waals surface area contributed by atoms with Gasteiger partial charge in [0.15, 0.2) is 11.6 Å². The lowest BCUT2D eigenvalue weighted by Gasteiger charge is -2.06. The summed E-state index contributed by atoms with van der Waals surface area (Å²) >= 11 is -1.30. The maximum atomic E-state index is 11.7. The number of pyridine rings is 1. The van der Waals surface area contributed by atoms with E-state index in [-0.39, 0.29) is 5.75 Å². The predicted molar refractivity (Wildman–Crippen MR) is 73.3 cm³/mol. The Kier molecular flexibility index (Phi) is 2.88. The molecule has 6 heteroatoms. The number of hydrogen-bond donors (Lipinski definition) is 2. The molecule has 0 aliphatic rings. The van der Waals surface area contributed by atoms with Gasteiger partial charge in [-0.25, -0.2) is 4.98 Å². The van der Waals surface area contributed by atoms with Crippen molar-refractivity contribution in [2.24, 2.45) is 0 Å². The van der Waals surface area contributed by atoms with Gasteiger partial charge in [-0.05, 0) is 35.4 Å². The normalized spacial score (nSPS) is 12.7. The highest BCUT2D eigenvalue weighted by atomic mass is 32.2. The van der Waals surface area contributed by atoms with Crippen LogP contribution in [0.4, 0.5) is 0 Å². The van der Waals surface area contributed by atoms with Crippen LogP contribution in [0, 0.1) is 0 Å². The first-order chi connectivity index (χ1) is 9.16. The third kappa shape index (κ3) is 2.05. The number of nitrogens with zero attached hydrogens (tertiary/aromatic N) is 2. The van der Waals surface area contributed by atoms with E-state index in [0.29, 0.717) is 27.4 Å². The minimum absolute atomic E-state index is 0.00422. The Morgan fingerprint density at radius 1 is 1.26 bits per heavy atom. The summed E-state index contributed by atoms with van der Waals surface area (Å²) in [5.41, 5.74) is 1.94. The molecule has 0 spiro atoms. The molecule has 0 bridgehead atoms. The van der Waals surface area contributed by atoms with E-state index >= 15 is 0 Å². The topological polar surface area (TPSA) is 84.9 Å². The van der Waals surface area contributed by atoms with Gasteiger partial charge in [-0.15, -0.1) is 0 Å². The number of imidazole rings is 1. The second-order valence-electron chi connectivity index (χ2n) is 4.06. The summed E-state index contributed by atoms with van der Waals surface area (Å²) in [5.74, 6) is 0.595. The van der Waals surface area contributed by atoms with E-state index in [4.69, 9.17) is 0 Å². The monoisotopic (exact) mass is 273 g/mol. The Morgan fingerprint density at radius 2 is 2.11 bits per heavy atom. The van der Waals surface area contributed by atoms with Crippen LogP contribution in [0.25, 0.3) is 22.6 Å². The van der Waals surface area contributed by atoms with Crippen molar-refractivity contribution in [3.8, 4) is 17.3 Å². The highest BCUT2D eigenvalue weighted by molar-refractivity contribution is 7.91. The van der Waals surface area contributed by atoms with Gasteiger partial charge >= 0.3 is 0 Å². The van der Waals surface area contributed by atoms with Crippen molar-refractivity contribution in [3.05, 3.63) is 36.5 Å². The first-order valence-electron chi connectivity index (χ1n) is 5.63. The van der Waals surface area contributed by atoms with Gasteiger partial charge < -0.3 is 14.6 Å². The number of aromatic nitrogens is 3. The Labute approximate surface area is 112 Å². The fourth-order valence-electron chi connectivity index (χ4n) is 1.96. The molecule has 0 aliphatic heterocycles. The molecule has 3 rings (SSSR count). The number of phenolic OH excluding ortho intramolecular Hbond substituents is 1. The van der Waals surface area contributed by atoms with Crippen LogP contribution < -0.4 is 0 Å². The Balaban J connectivity index is 2.24. The number of aromatic hydroxyl groups is 1. The molecule has 0 saturated heterocycles. The van der Waals surface area contributed by atoms with Gasteiger partial charge in [-0.3, -0.25) is 4.98 Å². The van der Waals surface area contributed by atoms with Crippen LogP contribution in [0.5, 0.6) is 5.75 Å². The van der Waals surface area contributed by atoms with Crippen LogP contribution >= 0.6 is 0 Å². The molecule has 1 atom stereocenters. The van der Waals surface area contributed by atoms with Crippen molar-refractivity contribution < 1.29 is 9.66 Å². The van der Waals surface area contributed by atoms with Gasteiger partial charge in [-0.2, -0.15) is 0 Å². The minimum atomic E-state index is -1.30. The number of nitrogens with one attached hydrogen (secondary N) is 1. The molecule has 0 saturated carbocycles. The van der Waals surface area contributed by atoms with Crippen LogP contribution in [-0.2, 0) is 11.2 Å². The maximum absolute atomic E-state index is 11.7. The third-order valence-electron chi connectivity index (χ3n) is 2.79. The zero-order valence-corrected chi connectivity index (χ0v) is 10.9. The lowest BCUT2D eigenvalue weighted by atomic mass is 10.3. The van der Waals surface area contributed by atoms with E-state index < -0.39 is 11.2 Å². The van der Waals surface area contributed by atoms with Crippen LogP contribution in [0.1, 0.15) is 0 Å². The van der Waals surface area contributed by atoms with Gasteiger partial charge in [0, 0.05) is 6.20 Å². The molecular formula is C13H11N3O2S. The summed E-state index contributed by atoms with van der Waals surface area (Å²) in [6.45, 7) is 0. The molecule has 0 fully saturated rings. The number of rotatable bonds is 2. The molecular weight excluding hydrogens is 262 g/mol. The van der Waals surface area contributed by atoms with E-state index in [9.17, 15) is 9.66 Å². The highest BCUT2D eigenvalue weighted by Crippen LogP contribution is 2.31. The summed E-state index contributed by atoms with van der Waals surface area (Å²) in [6, 6.07) is 8.71. The van der Waals surface area contributed by atoms with Crippen molar-refractivity contribution in [1.29, 1.82) is 0 Å². The van der Waals surface area contributed by atoms with Gasteiger partial charge in [0.25, 0.3) is 0 Å². The van der Waals surface area contributed by atoms with Crippen molar-refractivity contribution >= 4 is 22.2 Å². The molecule has 2 heterocycles. The average molecular weight is 273 g/mol. The third-order valence-corrected chi connectivity index (χ3v) is 3.77. The predicted octanol–water partition coefficient (Wildman–Crippen LogP) is 2.07. The molecule has 1 unspecified atom stereocenters. The van der Waals surface area contributed by atoms with Crippen LogP contribution in [-0.4, -0.2) is 30.9 Å². The van der Waals surface area contributed by atoms with Gasteiger partial charge in [-0.1, -0.05) is 6.07 Å². The summed E-state index contributed by atoms with van der Waals surface area (Å²) in [5, 5.41) is 9.80. The molecule has 0 radical (unpaired) electrons. The standard InChI is InChI=1S/C13H11N3O2S/c1-19(18)12-10(17)6-5-8-11(12)16-13(15-8)9-4-2-3-7-14-9/h2-7,17H,1H3,(H,15,16). The van der Waals surface area contributed by atoms with Crippen molar-refractivity contribution in [1.82, 2.24) is 15.0 Å². The van der Waals surface area contributed by atoms with E-state index in [1.54, 1.807) is 12.3 Å². The van der Waals surface area contributed by atoms with Crippen LogP contribution in [0.2, 0.25) is 0 Å². The van der Waals surface area contributed by atoms with Crippen LogP contribution in [0.3, 0.4) is 0 Å². The highest BCUT2D eigenvalue weighted by Gasteiger charge is 2.19. The first kappa shape index (κ1) is 12.0. The number of H-pyrrole nitrogens is 1. The number of fused-ring (bicyclic) bond motifs is 1. The summed E-state index contributed by atoms with van der Waals surface area (Å²) in [6.07, 6.45) is 3.20. The van der Waals surface area contributed by atoms with Gasteiger partial charge in [0.2, 0.25) is 4.90 Å². The van der Waals surface area contributed by atoms with Crippen molar-refractivity contribution in [2.75, 3.05) is 6.26 Å². The van der Waals surface area contributed by atoms with E-state index in [0.717, 1.165) is 0 Å². The van der Waals surface area contributed by atoms with E-state index in [1.807, 2.05) is 18.2 Å². The smallest absolute Gasteiger partial charge is 0.219 e. The molecule has 1 aromatic carbocycles. The fourth-order valence-corrected chi connectivity index (χ4v) is 2.76. The van der Waals surface area contributed by atoms with Crippen molar-refractivity contribution in [3.63, 3.8) is 0 Å². The second-order valence-corrected chi connectivity index (χ2v) is 5.38. The Hall–Kier alpha value is -2.05. The number of phenols is 1. The molecule has 2 N–H and O–H groups in total. The summed E-state index contributed by atoms with van der Waals surface area (Å²) < 4.78 is 11.7. The zero-order valence-electron chi connectivity index (χ0n) is 10.1. The van der Waals surface area contributed by atoms with Gasteiger partial charge in [0.1, 0.15) is 17.5 Å². The average Bonchev–Trinajstić information content (AvgIpc) is 2.83. The summed E-state index contributed by atoms with van der Waals surface area (Å²) in [7, 11) is 0. The van der Waals surface area contributed by atoms with E-state index in [2.05, 4.69) is 15.0 Å². The largest absolute Gasteiger partial charge is 0.611 e. The molecule has 0 amide bonds. The van der Waals surface area contributed by atoms with E-state index in [1.165, 1.54) is 12.3 Å². The quantitative estimate of drug-likeness (QED) is 0.700. The molecule has 19 heavy (non-hydrogen) atoms. The zero-order chi connectivity index (χ0) is 13.4. The van der Waals surface area contributed by atoms with Crippen LogP contribution in [0.15, 0.2) is 41.4 Å². The molecule has 0 aliphatic carbocycles. The lowest BCUT2D eigenvalue weighted by molar-refractivity contribution is 0.460.